The van der Waals surface area contributed by atoms with Gasteiger partial charge in [0.15, 0.2) is 5.82 Å². The zero-order valence-corrected chi connectivity index (χ0v) is 21.8. The number of carbonyl (C=O) groups excluding carboxylic acids is 2. The lowest BCUT2D eigenvalue weighted by Gasteiger charge is -2.20. The summed E-state index contributed by atoms with van der Waals surface area (Å²) >= 11 is 18.6. The van der Waals surface area contributed by atoms with Crippen molar-refractivity contribution >= 4 is 63.7 Å². The first-order valence-electron chi connectivity index (χ1n) is 10.9. The van der Waals surface area contributed by atoms with E-state index in [9.17, 15) is 35.9 Å². The maximum Gasteiger partial charge on any atom is 0.419 e. The number of alkyl halides is 5. The maximum absolute atomic E-state index is 14.4. The highest BCUT2D eigenvalue weighted by molar-refractivity contribution is 6.53. The number of amides is 2. The fraction of sp³-hybridized carbons (Fsp3) is 0.200. The topological polar surface area (TPSA) is 75.4 Å². The normalized spacial score (nSPS) is 18.0. The highest BCUT2D eigenvalue weighted by atomic mass is 35.5. The summed E-state index contributed by atoms with van der Waals surface area (Å²) in [5.74, 6) is -7.61. The van der Waals surface area contributed by atoms with E-state index in [2.05, 4.69) is 5.32 Å². The van der Waals surface area contributed by atoms with Gasteiger partial charge in [0.1, 0.15) is 21.7 Å². The number of rotatable bonds is 5. The van der Waals surface area contributed by atoms with E-state index in [0.29, 0.717) is 12.1 Å². The van der Waals surface area contributed by atoms with Crippen LogP contribution in [0.1, 0.15) is 27.4 Å². The van der Waals surface area contributed by atoms with Crippen LogP contribution >= 0.6 is 34.8 Å². The number of nitrogens with zero attached hydrogens (tertiary/aromatic N) is 1. The molecule has 0 aromatic heterocycles. The summed E-state index contributed by atoms with van der Waals surface area (Å²) in [5.41, 5.74) is 2.47. The Morgan fingerprint density at radius 1 is 1.00 bits per heavy atom. The van der Waals surface area contributed by atoms with Crippen LogP contribution in [0.5, 0.6) is 0 Å². The molecule has 39 heavy (non-hydrogen) atoms. The molecule has 14 heteroatoms. The van der Waals surface area contributed by atoms with Crippen molar-refractivity contribution in [2.24, 2.45) is 5.92 Å². The van der Waals surface area contributed by atoms with Crippen LogP contribution in [0.4, 0.5) is 43.4 Å². The predicted molar refractivity (Wildman–Crippen MR) is 136 cm³/mol. The fourth-order valence-electron chi connectivity index (χ4n) is 4.12. The van der Waals surface area contributed by atoms with Crippen molar-refractivity contribution in [3.05, 3.63) is 87.7 Å². The molecule has 2 atom stereocenters. The van der Waals surface area contributed by atoms with Crippen molar-refractivity contribution in [2.45, 2.75) is 16.4 Å². The standard InChI is InChI=1S/C25H16Cl3F6N3O2/c1-37(17-7-6-16(30)21(35)20(17)31)23(39)12-9-11(3-4-14(12)26)36-22(38)19-18(24(19,27)28)10-2-5-15(29)13(8-10)25(32,33)34/h2-9,18-19H,35H2,1H3,(H,36,38)/t18-,19+/m0/s1. The van der Waals surface area contributed by atoms with Gasteiger partial charge >= 0.3 is 6.18 Å². The molecule has 1 fully saturated rings. The average Bonchev–Trinajstić information content (AvgIpc) is 3.44. The average molecular weight is 611 g/mol. The number of carbonyl (C=O) groups is 2. The first-order valence-corrected chi connectivity index (χ1v) is 12.1. The Morgan fingerprint density at radius 3 is 2.28 bits per heavy atom. The number of hydrogen-bond donors (Lipinski definition) is 2. The molecule has 5 nitrogen and oxygen atoms in total. The quantitative estimate of drug-likeness (QED) is 0.183. The van der Waals surface area contributed by atoms with Crippen molar-refractivity contribution in [1.82, 2.24) is 0 Å². The summed E-state index contributed by atoms with van der Waals surface area (Å²) < 4.78 is 79.3. The number of halogens is 9. The number of nitrogen functional groups attached to an aromatic ring is 1. The Morgan fingerprint density at radius 2 is 1.64 bits per heavy atom. The number of anilines is 3. The molecule has 3 aromatic carbocycles. The highest BCUT2D eigenvalue weighted by Gasteiger charge is 2.67. The van der Waals surface area contributed by atoms with Crippen molar-refractivity contribution < 1.29 is 35.9 Å². The Bertz CT molecular complexity index is 1500. The van der Waals surface area contributed by atoms with E-state index in [1.165, 1.54) is 25.2 Å². The van der Waals surface area contributed by atoms with Crippen molar-refractivity contribution in [3.63, 3.8) is 0 Å². The van der Waals surface area contributed by atoms with Crippen LogP contribution in [-0.2, 0) is 11.0 Å². The molecule has 0 unspecified atom stereocenters. The molecule has 0 spiro atoms. The third-order valence-electron chi connectivity index (χ3n) is 6.23. The molecular weight excluding hydrogens is 595 g/mol. The Kier molecular flexibility index (Phi) is 7.48. The van der Waals surface area contributed by atoms with E-state index in [0.717, 1.165) is 23.1 Å². The molecule has 1 aliphatic rings. The Hall–Kier alpha value is -3.15. The molecule has 0 heterocycles. The molecule has 2 amide bonds. The monoisotopic (exact) mass is 609 g/mol. The number of benzene rings is 3. The number of nitrogens with one attached hydrogen (secondary N) is 1. The lowest BCUT2D eigenvalue weighted by Crippen LogP contribution is -2.28. The lowest BCUT2D eigenvalue weighted by atomic mass is 10.0. The van der Waals surface area contributed by atoms with Gasteiger partial charge in [0.05, 0.1) is 27.8 Å². The lowest BCUT2D eigenvalue weighted by molar-refractivity contribution is -0.140. The van der Waals surface area contributed by atoms with Crippen molar-refractivity contribution in [2.75, 3.05) is 23.0 Å². The van der Waals surface area contributed by atoms with Gasteiger partial charge in [-0.1, -0.05) is 17.7 Å². The van der Waals surface area contributed by atoms with E-state index in [1.54, 1.807) is 0 Å². The Balaban J connectivity index is 1.56. The van der Waals surface area contributed by atoms with E-state index >= 15 is 0 Å². The fourth-order valence-corrected chi connectivity index (χ4v) is 5.14. The van der Waals surface area contributed by atoms with Crippen LogP contribution < -0.4 is 16.0 Å². The third-order valence-corrected chi connectivity index (χ3v) is 7.50. The minimum atomic E-state index is -4.98. The van der Waals surface area contributed by atoms with Gasteiger partial charge < -0.3 is 16.0 Å². The van der Waals surface area contributed by atoms with E-state index < -0.39 is 62.9 Å². The first-order chi connectivity index (χ1) is 18.1. The minimum absolute atomic E-state index is 0.0325. The van der Waals surface area contributed by atoms with Gasteiger partial charge in [-0.05, 0) is 48.0 Å². The summed E-state index contributed by atoms with van der Waals surface area (Å²) in [6, 6.07) is 7.86. The van der Waals surface area contributed by atoms with E-state index in [4.69, 9.17) is 40.5 Å². The van der Waals surface area contributed by atoms with Crippen LogP contribution in [0.3, 0.4) is 0 Å². The van der Waals surface area contributed by atoms with Gasteiger partial charge in [-0.15, -0.1) is 23.2 Å². The van der Waals surface area contributed by atoms with Crippen molar-refractivity contribution in [1.29, 1.82) is 0 Å². The van der Waals surface area contributed by atoms with Crippen LogP contribution in [0.25, 0.3) is 0 Å². The second kappa shape index (κ2) is 10.1. The molecule has 1 aliphatic carbocycles. The summed E-state index contributed by atoms with van der Waals surface area (Å²) in [6.07, 6.45) is -4.98. The Labute approximate surface area is 232 Å². The predicted octanol–water partition coefficient (Wildman–Crippen LogP) is 7.16. The van der Waals surface area contributed by atoms with Crippen LogP contribution in [0, 0.1) is 23.4 Å². The van der Waals surface area contributed by atoms with Gasteiger partial charge in [-0.25, -0.2) is 13.2 Å². The summed E-state index contributed by atoms with van der Waals surface area (Å²) in [5, 5.41) is 2.40. The molecule has 0 saturated heterocycles. The van der Waals surface area contributed by atoms with Gasteiger partial charge in [0.25, 0.3) is 5.91 Å². The smallest absolute Gasteiger partial charge is 0.394 e. The molecule has 4 rings (SSSR count). The molecule has 3 aromatic rings. The minimum Gasteiger partial charge on any atom is -0.394 e. The zero-order valence-electron chi connectivity index (χ0n) is 19.5. The second-order valence-corrected chi connectivity index (χ2v) is 10.6. The molecule has 1 saturated carbocycles. The summed E-state index contributed by atoms with van der Waals surface area (Å²) in [6.45, 7) is 0. The number of hydrogen-bond acceptors (Lipinski definition) is 3. The van der Waals surface area contributed by atoms with Crippen LogP contribution in [0.2, 0.25) is 5.02 Å². The largest absolute Gasteiger partial charge is 0.419 e. The van der Waals surface area contributed by atoms with Crippen LogP contribution in [-0.4, -0.2) is 23.2 Å². The van der Waals surface area contributed by atoms with Gasteiger partial charge in [0.2, 0.25) is 5.91 Å². The van der Waals surface area contributed by atoms with Gasteiger partial charge in [0, 0.05) is 18.7 Å². The SMILES string of the molecule is CN(C(=O)c1cc(NC(=O)[C@H]2[C@H](c3ccc(F)c(C(F)(F)F)c3)C2(Cl)Cl)ccc1Cl)c1ccc(F)c(N)c1F. The third kappa shape index (κ3) is 5.35. The van der Waals surface area contributed by atoms with Crippen molar-refractivity contribution in [3.8, 4) is 0 Å². The first kappa shape index (κ1) is 28.8. The molecule has 0 bridgehead atoms. The second-order valence-electron chi connectivity index (χ2n) is 8.71. The maximum atomic E-state index is 14.4. The molecule has 206 valence electrons. The molecule has 3 N–H and O–H groups in total. The van der Waals surface area contributed by atoms with E-state index in [1.807, 2.05) is 0 Å². The van der Waals surface area contributed by atoms with E-state index in [-0.39, 0.29) is 27.5 Å². The summed E-state index contributed by atoms with van der Waals surface area (Å²) in [7, 11) is 1.20. The molecule has 0 radical (unpaired) electrons. The molecular formula is C25H16Cl3F6N3O2. The zero-order chi connectivity index (χ0) is 29.0. The van der Waals surface area contributed by atoms with Gasteiger partial charge in [-0.2, -0.15) is 13.2 Å². The number of nitrogens with two attached hydrogens (primary N) is 1. The van der Waals surface area contributed by atoms with Gasteiger partial charge in [-0.3, -0.25) is 9.59 Å². The summed E-state index contributed by atoms with van der Waals surface area (Å²) in [4.78, 5) is 26.8. The van der Waals surface area contributed by atoms with Crippen LogP contribution in [0.15, 0.2) is 48.5 Å². The highest BCUT2D eigenvalue weighted by Crippen LogP contribution is 2.65. The molecule has 0 aliphatic heterocycles.